The minimum Gasteiger partial charge on any atom is -0.452 e. The van der Waals surface area contributed by atoms with E-state index < -0.39 is 18.5 Å². The summed E-state index contributed by atoms with van der Waals surface area (Å²) in [6.07, 6.45) is 0.304. The van der Waals surface area contributed by atoms with Gasteiger partial charge in [0, 0.05) is 24.2 Å². The van der Waals surface area contributed by atoms with E-state index in [2.05, 4.69) is 4.98 Å². The number of hydrogen-bond acceptors (Lipinski definition) is 6. The van der Waals surface area contributed by atoms with E-state index in [0.717, 1.165) is 0 Å². The van der Waals surface area contributed by atoms with Gasteiger partial charge in [-0.3, -0.25) is 9.78 Å². The molecule has 0 bridgehead atoms. The quantitative estimate of drug-likeness (QED) is 0.709. The van der Waals surface area contributed by atoms with Gasteiger partial charge in [0.25, 0.3) is 5.91 Å². The van der Waals surface area contributed by atoms with Crippen molar-refractivity contribution < 1.29 is 14.3 Å². The minimum atomic E-state index is -0.611. The number of nitrogens with zero attached hydrogens (tertiary/aromatic N) is 4. The Bertz CT molecular complexity index is 878. The van der Waals surface area contributed by atoms with Crippen molar-refractivity contribution in [3.8, 4) is 12.1 Å². The summed E-state index contributed by atoms with van der Waals surface area (Å²) in [7, 11) is 0. The van der Waals surface area contributed by atoms with Crippen LogP contribution in [0.25, 0.3) is 10.9 Å². The summed E-state index contributed by atoms with van der Waals surface area (Å²) in [5.74, 6) is -1.04. The van der Waals surface area contributed by atoms with Crippen LogP contribution in [0.15, 0.2) is 30.3 Å². The molecular weight excluding hydrogens is 332 g/mol. The number of para-hydroxylation sites is 1. The first-order chi connectivity index (χ1) is 12.6. The van der Waals surface area contributed by atoms with Crippen LogP contribution in [0.2, 0.25) is 0 Å². The second-order valence-electron chi connectivity index (χ2n) is 5.60. The average molecular weight is 350 g/mol. The van der Waals surface area contributed by atoms with Crippen LogP contribution >= 0.6 is 0 Å². The molecule has 7 heteroatoms. The van der Waals surface area contributed by atoms with Gasteiger partial charge in [0.1, 0.15) is 0 Å². The number of aryl methyl sites for hydroxylation is 1. The van der Waals surface area contributed by atoms with E-state index in [0.29, 0.717) is 22.2 Å². The topological polar surface area (TPSA) is 107 Å². The number of rotatable bonds is 7. The molecular formula is C19H18N4O3. The first-order valence-electron chi connectivity index (χ1n) is 8.12. The standard InChI is InChI=1S/C19H18N4O3/c1-14-12-16(15-6-2-3-7-17(15)22-14)19(25)26-13-18(24)23(10-4-8-20)11-5-9-21/h2-3,6-7,12H,4-5,10-11,13H2,1H3. The van der Waals surface area contributed by atoms with Crippen molar-refractivity contribution in [3.05, 3.63) is 41.6 Å². The van der Waals surface area contributed by atoms with Crippen molar-refractivity contribution >= 4 is 22.8 Å². The lowest BCUT2D eigenvalue weighted by atomic mass is 10.1. The molecule has 0 saturated heterocycles. The Morgan fingerprint density at radius 1 is 1.15 bits per heavy atom. The molecule has 2 rings (SSSR count). The molecule has 0 unspecified atom stereocenters. The Morgan fingerprint density at radius 2 is 1.81 bits per heavy atom. The van der Waals surface area contributed by atoms with Crippen LogP contribution in [0.3, 0.4) is 0 Å². The molecule has 7 nitrogen and oxygen atoms in total. The molecule has 0 atom stereocenters. The van der Waals surface area contributed by atoms with E-state index in [-0.39, 0.29) is 25.9 Å². The molecule has 0 aliphatic heterocycles. The number of fused-ring (bicyclic) bond motifs is 1. The number of pyridine rings is 1. The third kappa shape index (κ3) is 4.78. The van der Waals surface area contributed by atoms with Crippen molar-refractivity contribution in [1.82, 2.24) is 9.88 Å². The summed E-state index contributed by atoms with van der Waals surface area (Å²) in [6.45, 7) is 1.74. The second kappa shape index (κ2) is 9.14. The zero-order valence-corrected chi connectivity index (χ0v) is 14.4. The highest BCUT2D eigenvalue weighted by molar-refractivity contribution is 6.04. The first-order valence-corrected chi connectivity index (χ1v) is 8.12. The van der Waals surface area contributed by atoms with E-state index in [1.165, 1.54) is 4.90 Å². The highest BCUT2D eigenvalue weighted by atomic mass is 16.5. The highest BCUT2D eigenvalue weighted by Crippen LogP contribution is 2.19. The van der Waals surface area contributed by atoms with E-state index in [1.807, 2.05) is 18.2 Å². The summed E-state index contributed by atoms with van der Waals surface area (Å²) in [5, 5.41) is 18.0. The van der Waals surface area contributed by atoms with Crippen molar-refractivity contribution in [2.24, 2.45) is 0 Å². The zero-order valence-electron chi connectivity index (χ0n) is 14.4. The molecule has 1 amide bonds. The normalized spacial score (nSPS) is 9.96. The maximum Gasteiger partial charge on any atom is 0.339 e. The van der Waals surface area contributed by atoms with Gasteiger partial charge in [0.05, 0.1) is 36.1 Å². The summed E-state index contributed by atoms with van der Waals surface area (Å²) in [5.41, 5.74) is 1.70. The molecule has 0 saturated carbocycles. The number of carbonyl (C=O) groups is 2. The van der Waals surface area contributed by atoms with Gasteiger partial charge < -0.3 is 9.64 Å². The summed E-state index contributed by atoms with van der Waals surface area (Å²) in [4.78, 5) is 30.4. The predicted octanol–water partition coefficient (Wildman–Crippen LogP) is 2.36. The van der Waals surface area contributed by atoms with Crippen molar-refractivity contribution in [2.45, 2.75) is 19.8 Å². The molecule has 1 aromatic heterocycles. The number of amides is 1. The number of aromatic nitrogens is 1. The molecule has 0 radical (unpaired) electrons. The minimum absolute atomic E-state index is 0.152. The number of ether oxygens (including phenoxy) is 1. The van der Waals surface area contributed by atoms with Crippen LogP contribution in [-0.4, -0.2) is 41.5 Å². The van der Waals surface area contributed by atoms with Gasteiger partial charge in [-0.2, -0.15) is 10.5 Å². The van der Waals surface area contributed by atoms with E-state index in [4.69, 9.17) is 15.3 Å². The molecule has 0 aliphatic rings. The van der Waals surface area contributed by atoms with Crippen LogP contribution in [-0.2, 0) is 9.53 Å². The second-order valence-corrected chi connectivity index (χ2v) is 5.60. The Labute approximate surface area is 151 Å². The Morgan fingerprint density at radius 3 is 2.46 bits per heavy atom. The van der Waals surface area contributed by atoms with E-state index >= 15 is 0 Å². The molecule has 0 aliphatic carbocycles. The largest absolute Gasteiger partial charge is 0.452 e. The van der Waals surface area contributed by atoms with E-state index in [1.54, 1.807) is 31.2 Å². The molecule has 132 valence electrons. The maximum absolute atomic E-state index is 12.4. The predicted molar refractivity (Wildman–Crippen MR) is 93.8 cm³/mol. The third-order valence-electron chi connectivity index (χ3n) is 3.73. The number of esters is 1. The number of hydrogen-bond donors (Lipinski definition) is 0. The molecule has 26 heavy (non-hydrogen) atoms. The number of carbonyl (C=O) groups excluding carboxylic acids is 2. The van der Waals surface area contributed by atoms with Crippen LogP contribution in [0.5, 0.6) is 0 Å². The fourth-order valence-corrected chi connectivity index (χ4v) is 2.50. The van der Waals surface area contributed by atoms with Crippen LogP contribution in [0, 0.1) is 29.6 Å². The van der Waals surface area contributed by atoms with Crippen molar-refractivity contribution in [3.63, 3.8) is 0 Å². The van der Waals surface area contributed by atoms with Gasteiger partial charge in [-0.25, -0.2) is 4.79 Å². The van der Waals surface area contributed by atoms with Gasteiger partial charge >= 0.3 is 5.97 Å². The lowest BCUT2D eigenvalue weighted by Gasteiger charge is -2.20. The van der Waals surface area contributed by atoms with Crippen molar-refractivity contribution in [2.75, 3.05) is 19.7 Å². The Balaban J connectivity index is 2.09. The molecule has 0 N–H and O–H groups in total. The number of nitriles is 2. The van der Waals surface area contributed by atoms with Crippen LogP contribution in [0.4, 0.5) is 0 Å². The smallest absolute Gasteiger partial charge is 0.339 e. The third-order valence-corrected chi connectivity index (χ3v) is 3.73. The molecule has 0 spiro atoms. The van der Waals surface area contributed by atoms with E-state index in [9.17, 15) is 9.59 Å². The molecule has 2 aromatic rings. The van der Waals surface area contributed by atoms with Crippen molar-refractivity contribution in [1.29, 1.82) is 10.5 Å². The summed E-state index contributed by atoms with van der Waals surface area (Å²) < 4.78 is 5.17. The first kappa shape index (κ1) is 18.9. The van der Waals surface area contributed by atoms with Gasteiger partial charge in [-0.05, 0) is 19.1 Å². The van der Waals surface area contributed by atoms with Crippen LogP contribution in [0.1, 0.15) is 28.9 Å². The van der Waals surface area contributed by atoms with Gasteiger partial charge in [0.2, 0.25) is 0 Å². The average Bonchev–Trinajstić information content (AvgIpc) is 2.65. The zero-order chi connectivity index (χ0) is 18.9. The monoisotopic (exact) mass is 350 g/mol. The van der Waals surface area contributed by atoms with Crippen LogP contribution < -0.4 is 0 Å². The lowest BCUT2D eigenvalue weighted by molar-refractivity contribution is -0.134. The molecule has 0 fully saturated rings. The van der Waals surface area contributed by atoms with Gasteiger partial charge in [0.15, 0.2) is 6.61 Å². The Hall–Kier alpha value is -3.45. The molecule has 1 heterocycles. The highest BCUT2D eigenvalue weighted by Gasteiger charge is 2.18. The van der Waals surface area contributed by atoms with Gasteiger partial charge in [-0.1, -0.05) is 18.2 Å². The fourth-order valence-electron chi connectivity index (χ4n) is 2.50. The number of benzene rings is 1. The fraction of sp³-hybridized carbons (Fsp3) is 0.316. The molecule has 1 aromatic carbocycles. The summed E-state index contributed by atoms with van der Waals surface area (Å²) in [6, 6.07) is 12.7. The Kier molecular flexibility index (Phi) is 6.64. The lowest BCUT2D eigenvalue weighted by Crippen LogP contribution is -2.36. The summed E-state index contributed by atoms with van der Waals surface area (Å²) >= 11 is 0. The maximum atomic E-state index is 12.4. The SMILES string of the molecule is Cc1cc(C(=O)OCC(=O)N(CCC#N)CCC#N)c2ccccc2n1. The van der Waals surface area contributed by atoms with Gasteiger partial charge in [-0.15, -0.1) is 0 Å².